The molecule has 0 spiro atoms. The van der Waals surface area contributed by atoms with Gasteiger partial charge in [0.05, 0.1) is 18.7 Å². The molecule has 2 amide bonds. The molecule has 0 radical (unpaired) electrons. The molecule has 0 aliphatic carbocycles. The van der Waals surface area contributed by atoms with Crippen LogP contribution in [0.3, 0.4) is 0 Å². The van der Waals surface area contributed by atoms with Gasteiger partial charge in [0.1, 0.15) is 6.54 Å². The van der Waals surface area contributed by atoms with Crippen LogP contribution in [-0.2, 0) is 33.7 Å². The fourth-order valence-corrected chi connectivity index (χ4v) is 4.47. The van der Waals surface area contributed by atoms with Crippen LogP contribution in [0.4, 0.5) is 5.69 Å². The third kappa shape index (κ3) is 5.58. The fraction of sp³-hybridized carbons (Fsp3) is 0.391. The molecule has 8 nitrogen and oxygen atoms in total. The quantitative estimate of drug-likeness (QED) is 0.429. The van der Waals surface area contributed by atoms with Gasteiger partial charge in [-0.05, 0) is 76.4 Å². The molecule has 1 saturated heterocycles. The first kappa shape index (κ1) is 23.0. The Morgan fingerprint density at radius 1 is 1.16 bits per heavy atom. The van der Waals surface area contributed by atoms with Gasteiger partial charge in [0, 0.05) is 23.6 Å². The molecule has 2 heterocycles. The lowest BCUT2D eigenvalue weighted by Crippen LogP contribution is -3.11. The van der Waals surface area contributed by atoms with Crippen molar-refractivity contribution in [1.29, 1.82) is 0 Å². The molecule has 2 aromatic carbocycles. The first-order chi connectivity index (χ1) is 15.4. The molecule has 170 valence electrons. The largest absolute Gasteiger partial charge is 0.574 e. The van der Waals surface area contributed by atoms with E-state index in [0.717, 1.165) is 33.2 Å². The van der Waals surface area contributed by atoms with Gasteiger partial charge in [-0.3, -0.25) is 9.59 Å². The maximum absolute atomic E-state index is 12.8. The number of amides is 2. The van der Waals surface area contributed by atoms with Crippen molar-refractivity contribution in [2.24, 2.45) is 0 Å². The number of benzene rings is 2. The molecule has 1 fully saturated rings. The molecule has 1 unspecified atom stereocenters. The topological polar surface area (TPSA) is 89.4 Å². The zero-order valence-corrected chi connectivity index (χ0v) is 20.1. The minimum absolute atomic E-state index is 0.142. The normalized spacial score (nSPS) is 20.6. The molecule has 32 heavy (non-hydrogen) atoms. The summed E-state index contributed by atoms with van der Waals surface area (Å²) in [5, 5.41) is 16.2. The molecule has 9 heteroatoms. The zero-order valence-electron chi connectivity index (χ0n) is 18.0. The van der Waals surface area contributed by atoms with Gasteiger partial charge in [-0.25, -0.2) is 0 Å². The summed E-state index contributed by atoms with van der Waals surface area (Å²) in [5.74, 6) is -0.00572. The third-order valence-electron chi connectivity index (χ3n) is 5.88. The lowest BCUT2D eigenvalue weighted by Gasteiger charge is -2.24. The number of rotatable bonds is 5. The molecular weight excluding hydrogens is 523 g/mol. The van der Waals surface area contributed by atoms with Gasteiger partial charge < -0.3 is 15.4 Å². The maximum Gasteiger partial charge on any atom is 0.227 e. The van der Waals surface area contributed by atoms with Gasteiger partial charge in [0.25, 0.3) is 0 Å². The predicted molar refractivity (Wildman–Crippen MR) is 129 cm³/mol. The monoisotopic (exact) mass is 550 g/mol. The number of halogens is 1. The lowest BCUT2D eigenvalue weighted by molar-refractivity contribution is -1.05. The van der Waals surface area contributed by atoms with E-state index in [0.29, 0.717) is 32.6 Å². The molecular formula is C23H27IN4O4. The number of hydrogen-bond acceptors (Lipinski definition) is 5. The summed E-state index contributed by atoms with van der Waals surface area (Å²) < 4.78 is 1.16. The van der Waals surface area contributed by atoms with Crippen molar-refractivity contribution in [3.8, 4) is 0 Å². The first-order valence-corrected chi connectivity index (χ1v) is 11.8. The highest BCUT2D eigenvalue weighted by Crippen LogP contribution is 2.23. The molecule has 0 saturated carbocycles. The van der Waals surface area contributed by atoms with Crippen LogP contribution in [0, 0.1) is 8.78 Å². The summed E-state index contributed by atoms with van der Waals surface area (Å²) in [6, 6.07) is 14.1. The third-order valence-corrected chi connectivity index (χ3v) is 6.60. The van der Waals surface area contributed by atoms with Crippen LogP contribution in [0.25, 0.3) is 0 Å². The summed E-state index contributed by atoms with van der Waals surface area (Å²) in [4.78, 5) is 31.3. The lowest BCUT2D eigenvalue weighted by atomic mass is 10.0. The van der Waals surface area contributed by atoms with E-state index >= 15 is 0 Å². The maximum atomic E-state index is 12.8. The van der Waals surface area contributed by atoms with Crippen molar-refractivity contribution in [3.05, 3.63) is 67.9 Å². The number of nitrogens with one attached hydrogen (secondary N) is 2. The smallest absolute Gasteiger partial charge is 0.227 e. The summed E-state index contributed by atoms with van der Waals surface area (Å²) in [6.07, 6.45) is 1.59. The van der Waals surface area contributed by atoms with Crippen LogP contribution in [-0.4, -0.2) is 49.0 Å². The second-order valence-electron chi connectivity index (χ2n) is 8.19. The number of nitrogens with zero attached hydrogens (tertiary/aromatic N) is 2. The van der Waals surface area contributed by atoms with Gasteiger partial charge in [0.15, 0.2) is 6.10 Å². The SMILES string of the molecule is CC(=O)NC[C@H]1CN(c2ccc3c(c2)CCN(C(=O)Cc2ccc(I)cc2)CC3)[NH+]([O-])O1. The van der Waals surface area contributed by atoms with Crippen molar-refractivity contribution in [1.82, 2.24) is 10.2 Å². The molecule has 0 aromatic heterocycles. The van der Waals surface area contributed by atoms with Gasteiger partial charge in [-0.2, -0.15) is 9.85 Å². The van der Waals surface area contributed by atoms with Crippen LogP contribution in [0.1, 0.15) is 23.6 Å². The Morgan fingerprint density at radius 3 is 2.59 bits per heavy atom. The Labute approximate surface area is 201 Å². The Balaban J connectivity index is 1.39. The van der Waals surface area contributed by atoms with Crippen molar-refractivity contribution in [2.45, 2.75) is 32.3 Å². The number of quaternary nitrogens is 1. The van der Waals surface area contributed by atoms with Crippen molar-refractivity contribution in [3.63, 3.8) is 0 Å². The second kappa shape index (κ2) is 10.2. The van der Waals surface area contributed by atoms with Gasteiger partial charge in [-0.15, -0.1) is 5.34 Å². The highest BCUT2D eigenvalue weighted by Gasteiger charge is 2.32. The van der Waals surface area contributed by atoms with Gasteiger partial charge >= 0.3 is 0 Å². The highest BCUT2D eigenvalue weighted by molar-refractivity contribution is 14.1. The Morgan fingerprint density at radius 2 is 1.88 bits per heavy atom. The summed E-state index contributed by atoms with van der Waals surface area (Å²) in [6.45, 7) is 3.50. The van der Waals surface area contributed by atoms with E-state index < -0.39 is 5.34 Å². The van der Waals surface area contributed by atoms with E-state index in [2.05, 4.69) is 27.9 Å². The summed E-state index contributed by atoms with van der Waals surface area (Å²) >= 11 is 2.26. The van der Waals surface area contributed by atoms with E-state index in [1.54, 1.807) is 5.01 Å². The van der Waals surface area contributed by atoms with Gasteiger partial charge in [-0.1, -0.05) is 18.2 Å². The highest BCUT2D eigenvalue weighted by atomic mass is 127. The molecule has 2 N–H and O–H groups in total. The van der Waals surface area contributed by atoms with E-state index in [1.165, 1.54) is 12.5 Å². The molecule has 2 aromatic rings. The molecule has 0 bridgehead atoms. The Bertz CT molecular complexity index is 984. The minimum Gasteiger partial charge on any atom is -0.574 e. The second-order valence-corrected chi connectivity index (χ2v) is 9.44. The van der Waals surface area contributed by atoms with E-state index in [4.69, 9.17) is 4.84 Å². The Kier molecular flexibility index (Phi) is 7.29. The number of carbonyl (C=O) groups is 2. The number of hydrogen-bond donors (Lipinski definition) is 2. The van der Waals surface area contributed by atoms with Gasteiger partial charge in [0.2, 0.25) is 11.8 Å². The zero-order chi connectivity index (χ0) is 22.7. The average molecular weight is 550 g/mol. The van der Waals surface area contributed by atoms with Crippen LogP contribution in [0.5, 0.6) is 0 Å². The molecule has 2 aliphatic heterocycles. The van der Waals surface area contributed by atoms with Crippen LogP contribution in [0.15, 0.2) is 42.5 Å². The van der Waals surface area contributed by atoms with Crippen LogP contribution in [0.2, 0.25) is 0 Å². The number of carbonyl (C=O) groups excluding carboxylic acids is 2. The van der Waals surface area contributed by atoms with Crippen LogP contribution < -0.4 is 15.7 Å². The van der Waals surface area contributed by atoms with Crippen molar-refractivity contribution in [2.75, 3.05) is 31.2 Å². The molecule has 2 aliphatic rings. The Hall–Kier alpha value is -2.21. The molecule has 4 rings (SSSR count). The van der Waals surface area contributed by atoms with Crippen molar-refractivity contribution >= 4 is 40.1 Å². The summed E-state index contributed by atoms with van der Waals surface area (Å²) in [5.41, 5.74) is 4.18. The summed E-state index contributed by atoms with van der Waals surface area (Å²) in [7, 11) is 0. The fourth-order valence-electron chi connectivity index (χ4n) is 4.11. The standard InChI is InChI=1S/C23H27IN4O4/c1-16(29)25-14-22-15-27(28(31)32-22)21-7-4-18-8-10-26(11-9-19(18)13-21)23(30)12-17-2-5-20(24)6-3-17/h2-7,13,22,28H,8-12,14-15H2,1H3,(H,25,29)/t22-/m0/s1. The molecule has 2 atom stereocenters. The van der Waals surface area contributed by atoms with E-state index in [1.807, 2.05) is 47.4 Å². The predicted octanol–water partition coefficient (Wildman–Crippen LogP) is 1.02. The number of fused-ring (bicyclic) bond motifs is 1. The average Bonchev–Trinajstić information content (AvgIpc) is 3.01. The number of anilines is 1. The van der Waals surface area contributed by atoms with Crippen LogP contribution >= 0.6 is 22.6 Å². The van der Waals surface area contributed by atoms with Crippen molar-refractivity contribution < 1.29 is 19.8 Å². The minimum atomic E-state index is -0.400. The van der Waals surface area contributed by atoms with E-state index in [9.17, 15) is 14.8 Å². The first-order valence-electron chi connectivity index (χ1n) is 10.8. The van der Waals surface area contributed by atoms with E-state index in [-0.39, 0.29) is 17.9 Å².